The van der Waals surface area contributed by atoms with Gasteiger partial charge in [-0.3, -0.25) is 24.0 Å². The van der Waals surface area contributed by atoms with Crippen LogP contribution in [0.15, 0.2) is 12.3 Å². The molecule has 0 unspecified atom stereocenters. The van der Waals surface area contributed by atoms with E-state index in [1.54, 1.807) is 32.6 Å². The highest BCUT2D eigenvalue weighted by Crippen LogP contribution is 2.65. The second-order valence-corrected chi connectivity index (χ2v) is 23.3. The monoisotopic (exact) mass is 899 g/mol. The zero-order chi connectivity index (χ0) is 47.2. The number of aliphatic hydroxyl groups is 2. The van der Waals surface area contributed by atoms with Gasteiger partial charge in [0.05, 0.1) is 39.2 Å². The lowest BCUT2D eigenvalue weighted by Crippen LogP contribution is -2.79. The number of rotatable bonds is 11. The van der Waals surface area contributed by atoms with Gasteiger partial charge in [-0.05, 0) is 123 Å². The Labute approximate surface area is 379 Å². The molecule has 18 aliphatic carbocycles. The molecule has 0 saturated heterocycles. The fraction of sp³-hybridized carbons (Fsp3) is 0.854. The van der Waals surface area contributed by atoms with Gasteiger partial charge in [-0.25, -0.2) is 0 Å². The van der Waals surface area contributed by atoms with Crippen molar-refractivity contribution in [2.75, 3.05) is 20.3 Å². The molecule has 360 valence electrons. The van der Waals surface area contributed by atoms with Gasteiger partial charge in [0.25, 0.3) is 0 Å². The number of allylic oxidation sites excluding steroid dienone is 1. The maximum absolute atomic E-state index is 11.0. The lowest BCUT2D eigenvalue weighted by Gasteiger charge is -2.70. The summed E-state index contributed by atoms with van der Waals surface area (Å²) in [6, 6.07) is 0. The Kier molecular flexibility index (Phi) is 12.1. The van der Waals surface area contributed by atoms with Crippen molar-refractivity contribution >= 4 is 29.5 Å². The van der Waals surface area contributed by atoms with Crippen LogP contribution in [0, 0.1) is 5.92 Å². The Hall–Kier alpha value is -3.31. The van der Waals surface area contributed by atoms with E-state index in [4.69, 9.17) is 19.9 Å². The van der Waals surface area contributed by atoms with Crippen molar-refractivity contribution in [1.82, 2.24) is 26.2 Å². The number of nitrogens with two attached hydrogens (primary N) is 1. The molecule has 16 nitrogen and oxygen atoms in total. The molecule has 0 atom stereocenters. The van der Waals surface area contributed by atoms with Crippen molar-refractivity contribution in [2.24, 2.45) is 11.7 Å². The average Bonchev–Trinajstić information content (AvgIpc) is 2.99. The molecule has 0 aromatic rings. The quantitative estimate of drug-likeness (QED) is 0.149. The maximum atomic E-state index is 11.0. The van der Waals surface area contributed by atoms with Gasteiger partial charge in [0.15, 0.2) is 0 Å². The highest BCUT2D eigenvalue weighted by atomic mass is 16.5. The summed E-state index contributed by atoms with van der Waals surface area (Å²) in [6.45, 7) is 19.1. The van der Waals surface area contributed by atoms with Crippen molar-refractivity contribution in [1.29, 1.82) is 0 Å². The van der Waals surface area contributed by atoms with Crippen LogP contribution in [-0.4, -0.2) is 126 Å². The summed E-state index contributed by atoms with van der Waals surface area (Å²) in [5, 5.41) is 30.5. The Morgan fingerprint density at radius 3 is 1.14 bits per heavy atom. The summed E-state index contributed by atoms with van der Waals surface area (Å²) in [5.41, 5.74) is 6.18. The standard InChI is InChI=1S/C10H15NO2.C9H15NO2.C8H13NO2.C7H11NO2.C7H11NO.C7H13NO/c1-7(2)13-10-4-9(5-10,6-10)11-8(3)12;1-3-12-9-4-8(5-9,6-9)10-7(2)11;1-6(10)9(2)7-3-8(11,4-7)5-7;1-5(9)8-6-2-7(10,3-6)4-6;1-5(9)8-7-2-6(3-7)4-7;1-2-9-7-3-6(8,4-7)5-7/h1,4-6H2,2-3H3,(H,11,12);3-6H2,1-2H3,(H,10,11);11H,3-5H2,1-2H3;10H,2-4H2,1H3,(H,8,9);6H,2-4H2,1H3,(H,8,9);2-5,8H2,1H3. The second kappa shape index (κ2) is 15.9. The summed E-state index contributed by atoms with van der Waals surface area (Å²) < 4.78 is 16.7. The Balaban J connectivity index is 0.000000115. The van der Waals surface area contributed by atoms with Crippen LogP contribution in [0.5, 0.6) is 0 Å². The smallest absolute Gasteiger partial charge is 0.219 e. The first-order chi connectivity index (χ1) is 29.4. The summed E-state index contributed by atoms with van der Waals surface area (Å²) in [4.78, 5) is 55.5. The summed E-state index contributed by atoms with van der Waals surface area (Å²) >= 11 is 0. The van der Waals surface area contributed by atoms with Crippen LogP contribution in [0.1, 0.15) is 171 Å². The van der Waals surface area contributed by atoms with Crippen molar-refractivity contribution in [3.8, 4) is 0 Å². The molecule has 0 aliphatic heterocycles. The molecule has 12 bridgehead atoms. The minimum absolute atomic E-state index is 0.000579. The summed E-state index contributed by atoms with van der Waals surface area (Å²) in [5.74, 6) is 2.12. The zero-order valence-electron chi connectivity index (χ0n) is 40.1. The van der Waals surface area contributed by atoms with Crippen LogP contribution in [0.2, 0.25) is 0 Å². The van der Waals surface area contributed by atoms with E-state index in [0.717, 1.165) is 121 Å². The van der Waals surface area contributed by atoms with Gasteiger partial charge in [0.2, 0.25) is 29.5 Å². The number of nitrogens with one attached hydrogen (secondary N) is 4. The van der Waals surface area contributed by atoms with E-state index in [-0.39, 0.29) is 79.6 Å². The zero-order valence-corrected chi connectivity index (χ0v) is 40.1. The molecule has 0 heterocycles. The lowest BCUT2D eigenvalue weighted by atomic mass is 9.45. The molecule has 16 heteroatoms. The third-order valence-electron chi connectivity index (χ3n) is 16.2. The minimum atomic E-state index is -0.400. The van der Waals surface area contributed by atoms with Crippen LogP contribution in [0.4, 0.5) is 0 Å². The van der Waals surface area contributed by atoms with Crippen molar-refractivity contribution in [2.45, 2.75) is 232 Å². The molecular weight excluding hydrogens is 821 g/mol. The number of carbonyl (C=O) groups is 5. The number of hydrogen-bond donors (Lipinski definition) is 7. The minimum Gasteiger partial charge on any atom is -0.492 e. The van der Waals surface area contributed by atoms with Crippen molar-refractivity contribution < 1.29 is 48.4 Å². The van der Waals surface area contributed by atoms with Gasteiger partial charge in [-0.2, -0.15) is 0 Å². The average molecular weight is 899 g/mol. The number of hydrogen-bond acceptors (Lipinski definition) is 11. The molecule has 8 N–H and O–H groups in total. The largest absolute Gasteiger partial charge is 0.492 e. The van der Waals surface area contributed by atoms with E-state index in [2.05, 4.69) is 27.8 Å². The van der Waals surface area contributed by atoms with Gasteiger partial charge in [-0.15, -0.1) is 0 Å². The van der Waals surface area contributed by atoms with Gasteiger partial charge in [0.1, 0.15) is 5.60 Å². The van der Waals surface area contributed by atoms with Gasteiger partial charge >= 0.3 is 0 Å². The van der Waals surface area contributed by atoms with E-state index in [1.165, 1.54) is 26.2 Å². The topological polar surface area (TPSA) is 231 Å². The van der Waals surface area contributed by atoms with Gasteiger partial charge in [-0.1, -0.05) is 6.58 Å². The van der Waals surface area contributed by atoms with Crippen molar-refractivity contribution in [3.63, 3.8) is 0 Å². The number of nitrogens with zero attached hydrogens (tertiary/aromatic N) is 1. The fourth-order valence-corrected chi connectivity index (χ4v) is 14.2. The molecule has 0 aromatic heterocycles. The van der Waals surface area contributed by atoms with E-state index < -0.39 is 11.2 Å². The molecule has 0 radical (unpaired) electrons. The SMILES string of the molecule is C=C(C)OC12CC(NC(C)=O)(C1)C2.CC(=O)N(C)C12CC(O)(C1)C2.CC(=O)NC12CC(C1)C2.CC(=O)NC12CC(O)(C1)C2.CCOC12CC(N)(C1)C2.CCOC12CC(NC(C)=O)(C1)C2. The first kappa shape index (κ1) is 48.6. The molecule has 0 aromatic carbocycles. The number of carbonyl (C=O) groups excluding carboxylic acids is 5. The van der Waals surface area contributed by atoms with E-state index in [0.29, 0.717) is 0 Å². The van der Waals surface area contributed by atoms with Crippen LogP contribution >= 0.6 is 0 Å². The molecule has 64 heavy (non-hydrogen) atoms. The predicted molar refractivity (Wildman–Crippen MR) is 238 cm³/mol. The third-order valence-corrected chi connectivity index (χ3v) is 16.2. The molecule has 5 amide bonds. The third kappa shape index (κ3) is 9.33. The molecule has 18 aliphatic rings. The predicted octanol–water partition coefficient (Wildman–Crippen LogP) is 3.44. The normalized spacial score (nSPS) is 45.5. The van der Waals surface area contributed by atoms with Gasteiger partial charge in [0, 0.05) is 96.3 Å². The summed E-state index contributed by atoms with van der Waals surface area (Å²) in [7, 11) is 1.82. The second-order valence-electron chi connectivity index (χ2n) is 23.3. The molecule has 18 rings (SSSR count). The molecule has 0 spiro atoms. The molecular formula is C48H78N6O10. The molecule has 18 fully saturated rings. The first-order valence-electron chi connectivity index (χ1n) is 23.7. The highest BCUT2D eigenvalue weighted by molar-refractivity contribution is 5.76. The van der Waals surface area contributed by atoms with Crippen LogP contribution < -0.4 is 27.0 Å². The van der Waals surface area contributed by atoms with Crippen molar-refractivity contribution in [3.05, 3.63) is 12.3 Å². The first-order valence-corrected chi connectivity index (χ1v) is 23.7. The van der Waals surface area contributed by atoms with Crippen LogP contribution in [0.3, 0.4) is 0 Å². The fourth-order valence-electron chi connectivity index (χ4n) is 14.2. The van der Waals surface area contributed by atoms with Crippen LogP contribution in [-0.2, 0) is 38.2 Å². The Bertz CT molecular complexity index is 1780. The molecule has 18 saturated carbocycles. The van der Waals surface area contributed by atoms with E-state index in [1.807, 2.05) is 27.8 Å². The Morgan fingerprint density at radius 2 is 0.891 bits per heavy atom. The maximum Gasteiger partial charge on any atom is 0.219 e. The summed E-state index contributed by atoms with van der Waals surface area (Å²) in [6.07, 6.45) is 17.6. The number of ether oxygens (including phenoxy) is 3. The van der Waals surface area contributed by atoms with E-state index >= 15 is 0 Å². The lowest BCUT2D eigenvalue weighted by molar-refractivity contribution is -0.257. The highest BCUT2D eigenvalue weighted by Gasteiger charge is 2.72. The van der Waals surface area contributed by atoms with E-state index in [9.17, 15) is 34.2 Å². The van der Waals surface area contributed by atoms with Gasteiger partial charge < -0.3 is 56.3 Å². The Morgan fingerprint density at radius 1 is 0.562 bits per heavy atom. The number of amides is 5. The van der Waals surface area contributed by atoms with Crippen LogP contribution in [0.25, 0.3) is 0 Å².